The molecule has 1 amide bonds. The first-order valence-electron chi connectivity index (χ1n) is 10.8. The standard InChI is InChI=1S/C25H29NO4/c1-2-3-16-30-25(29)21-10-6-7-11-22(21)26-24(28)15-14-23(27)20-13-12-18-8-4-5-9-19(18)17-20/h6-7,10-13,17H,2-5,8-9,14-16H2,1H3,(H,26,28). The molecule has 5 nitrogen and oxygen atoms in total. The van der Waals surface area contributed by atoms with Crippen molar-refractivity contribution in [2.24, 2.45) is 0 Å². The summed E-state index contributed by atoms with van der Waals surface area (Å²) in [6, 6.07) is 12.7. The molecule has 0 atom stereocenters. The number of anilines is 1. The Kier molecular flexibility index (Phi) is 7.77. The normalized spacial score (nSPS) is 12.7. The molecule has 0 saturated carbocycles. The molecule has 0 aromatic heterocycles. The maximum Gasteiger partial charge on any atom is 0.340 e. The first-order chi connectivity index (χ1) is 14.6. The van der Waals surface area contributed by atoms with E-state index in [1.807, 2.05) is 25.1 Å². The highest BCUT2D eigenvalue weighted by Crippen LogP contribution is 2.23. The number of unbranched alkanes of at least 4 members (excludes halogenated alkanes) is 1. The highest BCUT2D eigenvalue weighted by Gasteiger charge is 2.17. The summed E-state index contributed by atoms with van der Waals surface area (Å²) >= 11 is 0. The van der Waals surface area contributed by atoms with Gasteiger partial charge < -0.3 is 10.1 Å². The van der Waals surface area contributed by atoms with Crippen LogP contribution < -0.4 is 5.32 Å². The third-order valence-electron chi connectivity index (χ3n) is 5.40. The molecule has 0 radical (unpaired) electrons. The molecule has 1 N–H and O–H groups in total. The van der Waals surface area contributed by atoms with Crippen LogP contribution in [0.5, 0.6) is 0 Å². The first kappa shape index (κ1) is 21.8. The molecule has 5 heteroatoms. The molecule has 2 aromatic carbocycles. The van der Waals surface area contributed by atoms with E-state index in [2.05, 4.69) is 5.32 Å². The number of Topliss-reactive ketones (excluding diaryl/α,β-unsaturated/α-hetero) is 1. The minimum absolute atomic E-state index is 0.0363. The van der Waals surface area contributed by atoms with E-state index in [1.165, 1.54) is 17.5 Å². The van der Waals surface area contributed by atoms with Crippen molar-refractivity contribution in [3.8, 4) is 0 Å². The molecule has 0 saturated heterocycles. The van der Waals surface area contributed by atoms with E-state index in [4.69, 9.17) is 4.74 Å². The summed E-state index contributed by atoms with van der Waals surface area (Å²) in [5.41, 5.74) is 3.99. The lowest BCUT2D eigenvalue weighted by atomic mass is 9.89. The molecule has 158 valence electrons. The summed E-state index contributed by atoms with van der Waals surface area (Å²) in [7, 11) is 0. The number of fused-ring (bicyclic) bond motifs is 1. The number of para-hydroxylation sites is 1. The van der Waals surface area contributed by atoms with E-state index < -0.39 is 5.97 Å². The van der Waals surface area contributed by atoms with Gasteiger partial charge in [0.2, 0.25) is 5.91 Å². The molecule has 30 heavy (non-hydrogen) atoms. The SMILES string of the molecule is CCCCOC(=O)c1ccccc1NC(=O)CCC(=O)c1ccc2c(c1)CCCC2. The lowest BCUT2D eigenvalue weighted by Gasteiger charge is -2.16. The van der Waals surface area contributed by atoms with Crippen LogP contribution >= 0.6 is 0 Å². The molecule has 0 fully saturated rings. The van der Waals surface area contributed by atoms with Crippen LogP contribution in [0.4, 0.5) is 5.69 Å². The van der Waals surface area contributed by atoms with Gasteiger partial charge in [0.1, 0.15) is 0 Å². The number of ether oxygens (including phenoxy) is 1. The minimum atomic E-state index is -0.454. The Hall–Kier alpha value is -2.95. The molecule has 0 spiro atoms. The van der Waals surface area contributed by atoms with Gasteiger partial charge in [-0.05, 0) is 61.4 Å². The quantitative estimate of drug-likeness (QED) is 0.356. The van der Waals surface area contributed by atoms with Gasteiger partial charge in [-0.15, -0.1) is 0 Å². The van der Waals surface area contributed by atoms with Crippen molar-refractivity contribution in [1.82, 2.24) is 0 Å². The van der Waals surface area contributed by atoms with Gasteiger partial charge in [0.25, 0.3) is 0 Å². The zero-order valence-corrected chi connectivity index (χ0v) is 17.5. The topological polar surface area (TPSA) is 72.5 Å². The van der Waals surface area contributed by atoms with Crippen LogP contribution in [0.1, 0.15) is 77.3 Å². The van der Waals surface area contributed by atoms with Crippen LogP contribution in [0, 0.1) is 0 Å². The lowest BCUT2D eigenvalue weighted by Crippen LogP contribution is -2.17. The van der Waals surface area contributed by atoms with Gasteiger partial charge in [-0.2, -0.15) is 0 Å². The fourth-order valence-corrected chi connectivity index (χ4v) is 3.65. The number of rotatable bonds is 9. The highest BCUT2D eigenvalue weighted by molar-refractivity contribution is 6.03. The maximum atomic E-state index is 12.6. The number of carbonyl (C=O) groups is 3. The summed E-state index contributed by atoms with van der Waals surface area (Å²) < 4.78 is 5.25. The van der Waals surface area contributed by atoms with Gasteiger partial charge in [-0.3, -0.25) is 9.59 Å². The van der Waals surface area contributed by atoms with Gasteiger partial charge >= 0.3 is 5.97 Å². The van der Waals surface area contributed by atoms with E-state index >= 15 is 0 Å². The first-order valence-corrected chi connectivity index (χ1v) is 10.8. The third kappa shape index (κ3) is 5.78. The second-order valence-corrected chi connectivity index (χ2v) is 7.70. The van der Waals surface area contributed by atoms with E-state index in [-0.39, 0.29) is 24.5 Å². The smallest absolute Gasteiger partial charge is 0.340 e. The number of carbonyl (C=O) groups excluding carboxylic acids is 3. The maximum absolute atomic E-state index is 12.6. The number of hydrogen-bond donors (Lipinski definition) is 1. The summed E-state index contributed by atoms with van der Waals surface area (Å²) in [6.45, 7) is 2.38. The van der Waals surface area contributed by atoms with Crippen molar-refractivity contribution in [1.29, 1.82) is 0 Å². The summed E-state index contributed by atoms with van der Waals surface area (Å²) in [5.74, 6) is -0.787. The van der Waals surface area contributed by atoms with Gasteiger partial charge in [0.05, 0.1) is 17.9 Å². The van der Waals surface area contributed by atoms with Crippen molar-refractivity contribution < 1.29 is 19.1 Å². The Morgan fingerprint density at radius 3 is 2.53 bits per heavy atom. The van der Waals surface area contributed by atoms with Crippen LogP contribution in [0.3, 0.4) is 0 Å². The van der Waals surface area contributed by atoms with Crippen LogP contribution in [0.2, 0.25) is 0 Å². The molecule has 0 unspecified atom stereocenters. The lowest BCUT2D eigenvalue weighted by molar-refractivity contribution is -0.116. The van der Waals surface area contributed by atoms with Crippen LogP contribution in [-0.4, -0.2) is 24.3 Å². The molecule has 0 heterocycles. The number of amides is 1. The van der Waals surface area contributed by atoms with E-state index in [0.717, 1.165) is 32.1 Å². The van der Waals surface area contributed by atoms with Crippen molar-refractivity contribution in [3.63, 3.8) is 0 Å². The largest absolute Gasteiger partial charge is 0.462 e. The average molecular weight is 408 g/mol. The molecule has 0 aliphatic heterocycles. The summed E-state index contributed by atoms with van der Waals surface area (Å²) in [4.78, 5) is 37.2. The Balaban J connectivity index is 1.56. The Morgan fingerprint density at radius 1 is 0.967 bits per heavy atom. The molecule has 0 bridgehead atoms. The zero-order valence-electron chi connectivity index (χ0n) is 17.5. The van der Waals surface area contributed by atoms with Crippen molar-refractivity contribution >= 4 is 23.3 Å². The second kappa shape index (κ2) is 10.7. The van der Waals surface area contributed by atoms with E-state index in [9.17, 15) is 14.4 Å². The zero-order chi connectivity index (χ0) is 21.3. The summed E-state index contributed by atoms with van der Waals surface area (Å²) in [6.07, 6.45) is 6.38. The molecule has 3 rings (SSSR count). The number of esters is 1. The van der Waals surface area contributed by atoms with Crippen LogP contribution in [-0.2, 0) is 22.4 Å². The number of hydrogen-bond acceptors (Lipinski definition) is 4. The fraction of sp³-hybridized carbons (Fsp3) is 0.400. The minimum Gasteiger partial charge on any atom is -0.462 e. The summed E-state index contributed by atoms with van der Waals surface area (Å²) in [5, 5.41) is 2.75. The molecule has 1 aliphatic rings. The molecular formula is C25H29NO4. The van der Waals surface area contributed by atoms with E-state index in [0.29, 0.717) is 23.4 Å². The molecule has 1 aliphatic carbocycles. The van der Waals surface area contributed by atoms with Crippen molar-refractivity contribution in [2.45, 2.75) is 58.3 Å². The predicted octanol–water partition coefficient (Wildman–Crippen LogP) is 5.12. The van der Waals surface area contributed by atoms with Crippen molar-refractivity contribution in [3.05, 3.63) is 64.7 Å². The Labute approximate surface area is 177 Å². The predicted molar refractivity (Wildman–Crippen MR) is 117 cm³/mol. The fourth-order valence-electron chi connectivity index (χ4n) is 3.65. The van der Waals surface area contributed by atoms with Gasteiger partial charge in [-0.25, -0.2) is 4.79 Å². The monoisotopic (exact) mass is 407 g/mol. The Morgan fingerprint density at radius 2 is 1.73 bits per heavy atom. The van der Waals surface area contributed by atoms with Gasteiger partial charge in [0, 0.05) is 18.4 Å². The average Bonchev–Trinajstić information content (AvgIpc) is 2.77. The number of nitrogens with one attached hydrogen (secondary N) is 1. The molecular weight excluding hydrogens is 378 g/mol. The van der Waals surface area contributed by atoms with Crippen molar-refractivity contribution in [2.75, 3.05) is 11.9 Å². The number of ketones is 1. The van der Waals surface area contributed by atoms with E-state index in [1.54, 1.807) is 24.3 Å². The number of aryl methyl sites for hydroxylation is 2. The second-order valence-electron chi connectivity index (χ2n) is 7.70. The molecule has 2 aromatic rings. The van der Waals surface area contributed by atoms with Gasteiger partial charge in [-0.1, -0.05) is 37.6 Å². The van der Waals surface area contributed by atoms with Crippen LogP contribution in [0.15, 0.2) is 42.5 Å². The third-order valence-corrected chi connectivity index (χ3v) is 5.40. The number of benzene rings is 2. The van der Waals surface area contributed by atoms with Gasteiger partial charge in [0.15, 0.2) is 5.78 Å². The Bertz CT molecular complexity index is 919. The van der Waals surface area contributed by atoms with Crippen LogP contribution in [0.25, 0.3) is 0 Å². The highest BCUT2D eigenvalue weighted by atomic mass is 16.5.